The van der Waals surface area contributed by atoms with Crippen LogP contribution < -0.4 is 0 Å². The molecule has 82 valence electrons. The summed E-state index contributed by atoms with van der Waals surface area (Å²) in [6, 6.07) is 9.22. The molecule has 15 heavy (non-hydrogen) atoms. The van der Waals surface area contributed by atoms with Gasteiger partial charge in [-0.1, -0.05) is 43.7 Å². The minimum atomic E-state index is -0.692. The molecule has 0 aromatic heterocycles. The summed E-state index contributed by atoms with van der Waals surface area (Å²) in [4.78, 5) is 11.5. The Morgan fingerprint density at radius 2 is 2.07 bits per heavy atom. The van der Waals surface area contributed by atoms with E-state index in [1.165, 1.54) is 0 Å². The average molecular weight is 227 g/mol. The van der Waals surface area contributed by atoms with Gasteiger partial charge in [-0.3, -0.25) is 4.79 Å². The summed E-state index contributed by atoms with van der Waals surface area (Å²) in [5, 5.41) is -0.692. The Morgan fingerprint density at radius 1 is 1.40 bits per heavy atom. The van der Waals surface area contributed by atoms with E-state index in [1.807, 2.05) is 37.3 Å². The van der Waals surface area contributed by atoms with Gasteiger partial charge in [0.25, 0.3) is 0 Å². The maximum atomic E-state index is 11.5. The number of alkyl halides is 1. The van der Waals surface area contributed by atoms with Gasteiger partial charge >= 0.3 is 5.97 Å². The van der Waals surface area contributed by atoms with Crippen molar-refractivity contribution in [2.45, 2.75) is 25.1 Å². The van der Waals surface area contributed by atoms with Crippen molar-refractivity contribution in [2.24, 2.45) is 0 Å². The van der Waals surface area contributed by atoms with Gasteiger partial charge in [-0.15, -0.1) is 11.6 Å². The second kappa shape index (κ2) is 6.46. The van der Waals surface area contributed by atoms with Crippen LogP contribution in [0.1, 0.15) is 30.7 Å². The number of benzene rings is 1. The highest BCUT2D eigenvalue weighted by molar-refractivity contribution is 6.29. The largest absolute Gasteiger partial charge is 0.464 e. The molecule has 0 heterocycles. The Hall–Kier alpha value is -1.02. The molecule has 1 rings (SSSR count). The molecule has 1 aromatic rings. The minimum absolute atomic E-state index is 0.365. The predicted octanol–water partition coefficient (Wildman–Crippen LogP) is 3.31. The number of carbonyl (C=O) groups is 1. The summed E-state index contributed by atoms with van der Waals surface area (Å²) >= 11 is 5.96. The molecular weight excluding hydrogens is 212 g/mol. The Morgan fingerprint density at radius 3 is 2.67 bits per heavy atom. The van der Waals surface area contributed by atoms with E-state index in [2.05, 4.69) is 0 Å². The van der Waals surface area contributed by atoms with Crippen LogP contribution in [0.25, 0.3) is 0 Å². The molecule has 0 saturated carbocycles. The zero-order valence-electron chi connectivity index (χ0n) is 8.78. The monoisotopic (exact) mass is 226 g/mol. The molecule has 0 unspecified atom stereocenters. The Bertz CT molecular complexity index is 298. The number of carbonyl (C=O) groups excluding carboxylic acids is 1. The fourth-order valence-electron chi connectivity index (χ4n) is 1.15. The van der Waals surface area contributed by atoms with Crippen molar-refractivity contribution in [3.63, 3.8) is 0 Å². The molecule has 0 radical (unpaired) electrons. The zero-order chi connectivity index (χ0) is 11.1. The van der Waals surface area contributed by atoms with Crippen molar-refractivity contribution >= 4 is 17.6 Å². The van der Waals surface area contributed by atoms with Crippen LogP contribution in [-0.4, -0.2) is 12.6 Å². The lowest BCUT2D eigenvalue weighted by atomic mass is 10.1. The molecule has 0 bridgehead atoms. The van der Waals surface area contributed by atoms with E-state index >= 15 is 0 Å². The predicted molar refractivity (Wildman–Crippen MR) is 60.9 cm³/mol. The number of ether oxygens (including phenoxy) is 1. The molecule has 0 aliphatic carbocycles. The maximum Gasteiger partial charge on any atom is 0.328 e. The molecule has 0 aliphatic heterocycles. The molecule has 0 fully saturated rings. The molecule has 3 heteroatoms. The molecule has 0 spiro atoms. The normalized spacial score (nSPS) is 12.1. The number of hydrogen-bond donors (Lipinski definition) is 0. The third-order valence-electron chi connectivity index (χ3n) is 2.04. The Labute approximate surface area is 95.2 Å². The molecule has 2 nitrogen and oxygen atoms in total. The average Bonchev–Trinajstić information content (AvgIpc) is 2.29. The minimum Gasteiger partial charge on any atom is -0.464 e. The van der Waals surface area contributed by atoms with Gasteiger partial charge < -0.3 is 4.74 Å². The van der Waals surface area contributed by atoms with Crippen molar-refractivity contribution in [1.82, 2.24) is 0 Å². The van der Waals surface area contributed by atoms with Crippen molar-refractivity contribution in [3.05, 3.63) is 35.9 Å². The van der Waals surface area contributed by atoms with Crippen LogP contribution in [0.5, 0.6) is 0 Å². The highest BCUT2D eigenvalue weighted by Gasteiger charge is 2.18. The van der Waals surface area contributed by atoms with Gasteiger partial charge in [-0.25, -0.2) is 0 Å². The summed E-state index contributed by atoms with van der Waals surface area (Å²) in [5.74, 6) is -0.365. The first-order valence-corrected chi connectivity index (χ1v) is 5.55. The second-order valence-corrected chi connectivity index (χ2v) is 3.73. The Kier molecular flexibility index (Phi) is 5.19. The van der Waals surface area contributed by atoms with Crippen molar-refractivity contribution in [2.75, 3.05) is 6.61 Å². The molecule has 0 N–H and O–H groups in total. The van der Waals surface area contributed by atoms with Crippen LogP contribution in [0.3, 0.4) is 0 Å². The summed E-state index contributed by atoms with van der Waals surface area (Å²) in [5.41, 5.74) is 0.778. The number of unbranched alkanes of at least 4 members (excludes halogenated alkanes) is 1. The maximum absolute atomic E-state index is 11.5. The van der Waals surface area contributed by atoms with E-state index in [-0.39, 0.29) is 5.97 Å². The molecule has 0 amide bonds. The van der Waals surface area contributed by atoms with Gasteiger partial charge in [-0.05, 0) is 12.0 Å². The fraction of sp³-hybridized carbons (Fsp3) is 0.417. The topological polar surface area (TPSA) is 26.3 Å². The first kappa shape index (κ1) is 12.1. The van der Waals surface area contributed by atoms with E-state index < -0.39 is 5.38 Å². The van der Waals surface area contributed by atoms with Crippen LogP contribution in [0, 0.1) is 0 Å². The second-order valence-electron chi connectivity index (χ2n) is 3.29. The highest BCUT2D eigenvalue weighted by Crippen LogP contribution is 2.21. The smallest absolute Gasteiger partial charge is 0.328 e. The lowest BCUT2D eigenvalue weighted by molar-refractivity contribution is -0.143. The quantitative estimate of drug-likeness (QED) is 0.438. The van der Waals surface area contributed by atoms with Crippen LogP contribution in [-0.2, 0) is 9.53 Å². The van der Waals surface area contributed by atoms with Crippen LogP contribution in [0.15, 0.2) is 30.3 Å². The van der Waals surface area contributed by atoms with E-state index in [0.29, 0.717) is 6.61 Å². The van der Waals surface area contributed by atoms with Crippen molar-refractivity contribution < 1.29 is 9.53 Å². The van der Waals surface area contributed by atoms with Crippen LogP contribution in [0.4, 0.5) is 0 Å². The fourth-order valence-corrected chi connectivity index (χ4v) is 1.36. The number of halogens is 1. The lowest BCUT2D eigenvalue weighted by Gasteiger charge is -2.09. The third-order valence-corrected chi connectivity index (χ3v) is 2.47. The van der Waals surface area contributed by atoms with Gasteiger partial charge in [0.05, 0.1) is 6.61 Å². The molecule has 0 aliphatic rings. The zero-order valence-corrected chi connectivity index (χ0v) is 9.54. The molecule has 1 aromatic carbocycles. The van der Waals surface area contributed by atoms with Crippen LogP contribution >= 0.6 is 11.6 Å². The number of esters is 1. The van der Waals surface area contributed by atoms with Gasteiger partial charge in [0.1, 0.15) is 0 Å². The number of rotatable bonds is 5. The van der Waals surface area contributed by atoms with Gasteiger partial charge in [-0.2, -0.15) is 0 Å². The summed E-state index contributed by atoms with van der Waals surface area (Å²) in [6.45, 7) is 2.49. The number of hydrogen-bond acceptors (Lipinski definition) is 2. The summed E-state index contributed by atoms with van der Waals surface area (Å²) < 4.78 is 5.03. The molecule has 1 atom stereocenters. The lowest BCUT2D eigenvalue weighted by Crippen LogP contribution is -2.12. The van der Waals surface area contributed by atoms with E-state index in [9.17, 15) is 4.79 Å². The standard InChI is InChI=1S/C12H15ClO2/c1-2-3-9-15-12(14)11(13)10-7-5-4-6-8-10/h4-8,11H,2-3,9H2,1H3/t11-/m1/s1. The first-order valence-electron chi connectivity index (χ1n) is 5.11. The van der Waals surface area contributed by atoms with E-state index in [0.717, 1.165) is 18.4 Å². The summed E-state index contributed by atoms with van der Waals surface area (Å²) in [7, 11) is 0. The highest BCUT2D eigenvalue weighted by atomic mass is 35.5. The third kappa shape index (κ3) is 3.92. The molecule has 0 saturated heterocycles. The van der Waals surface area contributed by atoms with Gasteiger partial charge in [0.2, 0.25) is 0 Å². The van der Waals surface area contributed by atoms with Gasteiger partial charge in [0, 0.05) is 0 Å². The SMILES string of the molecule is CCCCOC(=O)[C@H](Cl)c1ccccc1. The first-order chi connectivity index (χ1) is 7.25. The Balaban J connectivity index is 2.46. The van der Waals surface area contributed by atoms with Crippen molar-refractivity contribution in [1.29, 1.82) is 0 Å². The van der Waals surface area contributed by atoms with Crippen molar-refractivity contribution in [3.8, 4) is 0 Å². The van der Waals surface area contributed by atoms with Gasteiger partial charge in [0.15, 0.2) is 5.38 Å². The molecular formula is C12H15ClO2. The van der Waals surface area contributed by atoms with E-state index in [4.69, 9.17) is 16.3 Å². The summed E-state index contributed by atoms with van der Waals surface area (Å²) in [6.07, 6.45) is 1.88. The van der Waals surface area contributed by atoms with E-state index in [1.54, 1.807) is 0 Å². The van der Waals surface area contributed by atoms with Crippen LogP contribution in [0.2, 0.25) is 0 Å².